The van der Waals surface area contributed by atoms with Crippen LogP contribution >= 0.6 is 0 Å². The molecule has 0 aliphatic carbocycles. The van der Waals surface area contributed by atoms with Crippen molar-refractivity contribution in [1.82, 2.24) is 10.3 Å². The van der Waals surface area contributed by atoms with Crippen molar-refractivity contribution in [3.63, 3.8) is 0 Å². The number of hydrogen-bond donors (Lipinski definition) is 2. The molecule has 0 amide bonds. The minimum Gasteiger partial charge on any atom is -0.372 e. The fraction of sp³-hybridized carbons (Fsp3) is 0.0714. The number of nitrogens with one attached hydrogen (secondary N) is 2. The number of aliphatic imine (C=N–C) groups is 2. The first-order chi connectivity index (χ1) is 15.7. The molecule has 1 aromatic heterocycles. The standard InChI is InChI=1S/C28H20N4/c1-2-19-5-3-4-6-27(19)28-14-13-25(32-28)17-24-10-9-21(30-24)15-20-7-8-22(29-20)16-23-11-12-26(18-28)31-23/h1,3-13,15-18,29,32H,14H2. The van der Waals surface area contributed by atoms with Gasteiger partial charge in [-0.15, -0.1) is 6.42 Å². The predicted octanol–water partition coefficient (Wildman–Crippen LogP) is 3.13. The zero-order valence-electron chi connectivity index (χ0n) is 17.3. The predicted molar refractivity (Wildman–Crippen MR) is 130 cm³/mol. The smallest absolute Gasteiger partial charge is 0.0880 e. The van der Waals surface area contributed by atoms with E-state index in [2.05, 4.69) is 52.6 Å². The molecule has 6 rings (SSSR count). The van der Waals surface area contributed by atoms with E-state index in [0.717, 1.165) is 56.8 Å². The van der Waals surface area contributed by atoms with Gasteiger partial charge in [-0.25, -0.2) is 9.98 Å². The Bertz CT molecular complexity index is 1530. The van der Waals surface area contributed by atoms with E-state index in [1.54, 1.807) is 0 Å². The second-order valence-electron chi connectivity index (χ2n) is 8.19. The van der Waals surface area contributed by atoms with Crippen molar-refractivity contribution < 1.29 is 0 Å². The summed E-state index contributed by atoms with van der Waals surface area (Å²) in [5.74, 6) is 2.85. The molecule has 4 nitrogen and oxygen atoms in total. The number of terminal acetylenes is 1. The fourth-order valence-corrected chi connectivity index (χ4v) is 4.51. The highest BCUT2D eigenvalue weighted by molar-refractivity contribution is 6.20. The number of nitrogens with zero attached hydrogens (tertiary/aromatic N) is 2. The van der Waals surface area contributed by atoms with E-state index in [1.807, 2.05) is 54.7 Å². The Morgan fingerprint density at radius 2 is 1.56 bits per heavy atom. The van der Waals surface area contributed by atoms with Crippen LogP contribution in [0.15, 0.2) is 106 Å². The summed E-state index contributed by atoms with van der Waals surface area (Å²) in [5, 5.41) is 5.73. The summed E-state index contributed by atoms with van der Waals surface area (Å²) in [5.41, 5.74) is 6.12. The highest BCUT2D eigenvalue weighted by Crippen LogP contribution is 2.37. The van der Waals surface area contributed by atoms with Crippen LogP contribution in [0.5, 0.6) is 0 Å². The summed E-state index contributed by atoms with van der Waals surface area (Å²) in [6, 6.07) is 12.2. The summed E-state index contributed by atoms with van der Waals surface area (Å²) in [7, 11) is 0. The van der Waals surface area contributed by atoms with Crippen LogP contribution in [0.1, 0.15) is 17.5 Å². The van der Waals surface area contributed by atoms with Gasteiger partial charge in [-0.1, -0.05) is 30.2 Å². The third-order valence-electron chi connectivity index (χ3n) is 5.98. The van der Waals surface area contributed by atoms with Crippen molar-refractivity contribution in [1.29, 1.82) is 0 Å². The Morgan fingerprint density at radius 3 is 2.34 bits per heavy atom. The van der Waals surface area contributed by atoms with Gasteiger partial charge in [-0.05, 0) is 78.8 Å². The number of fused-ring (bicyclic) bond motifs is 6. The molecule has 152 valence electrons. The van der Waals surface area contributed by atoms with Crippen molar-refractivity contribution in [3.05, 3.63) is 118 Å². The number of H-pyrrole nitrogens is 1. The molecule has 0 saturated heterocycles. The third-order valence-corrected chi connectivity index (χ3v) is 5.98. The molecule has 1 unspecified atom stereocenters. The molecule has 1 aromatic carbocycles. The first-order valence-electron chi connectivity index (χ1n) is 10.6. The van der Waals surface area contributed by atoms with Crippen molar-refractivity contribution in [2.75, 3.05) is 0 Å². The van der Waals surface area contributed by atoms with Crippen LogP contribution in [0.2, 0.25) is 0 Å². The topological polar surface area (TPSA) is 52.5 Å². The Balaban J connectivity index is 1.55. The van der Waals surface area contributed by atoms with Crippen molar-refractivity contribution in [2.45, 2.75) is 12.0 Å². The number of hydrogen-bond acceptors (Lipinski definition) is 3. The van der Waals surface area contributed by atoms with Gasteiger partial charge in [-0.3, -0.25) is 0 Å². The number of allylic oxidation sites excluding steroid dienone is 5. The normalized spacial score (nSPS) is 22.5. The van der Waals surface area contributed by atoms with Gasteiger partial charge in [-0.2, -0.15) is 0 Å². The highest BCUT2D eigenvalue weighted by atomic mass is 15.0. The van der Waals surface area contributed by atoms with E-state index in [4.69, 9.17) is 16.4 Å². The Labute approximate surface area is 186 Å². The van der Waals surface area contributed by atoms with E-state index in [0.29, 0.717) is 0 Å². The molecule has 0 saturated carbocycles. The molecule has 0 fully saturated rings. The van der Waals surface area contributed by atoms with E-state index in [9.17, 15) is 0 Å². The van der Waals surface area contributed by atoms with Crippen molar-refractivity contribution >= 4 is 23.6 Å². The van der Waals surface area contributed by atoms with Crippen LogP contribution in [-0.2, 0) is 5.54 Å². The van der Waals surface area contributed by atoms with E-state index >= 15 is 0 Å². The minimum atomic E-state index is -0.481. The highest BCUT2D eigenvalue weighted by Gasteiger charge is 2.35. The molecule has 0 spiro atoms. The Kier molecular flexibility index (Phi) is 4.09. The molecular weight excluding hydrogens is 392 g/mol. The van der Waals surface area contributed by atoms with E-state index in [-0.39, 0.29) is 0 Å². The third kappa shape index (κ3) is 3.21. The molecule has 32 heavy (non-hydrogen) atoms. The van der Waals surface area contributed by atoms with Crippen LogP contribution in [0, 0.1) is 12.3 Å². The number of aromatic amines is 1. The molecule has 0 radical (unpaired) electrons. The molecule has 4 heteroatoms. The SMILES string of the molecule is C#Cc1ccccc1C12C=C3C=CC(=N3)C=c3ccc([nH]3)=CC3=NC(=CC(=CC1)N2)C=C3. The summed E-state index contributed by atoms with van der Waals surface area (Å²) in [6.45, 7) is 0. The summed E-state index contributed by atoms with van der Waals surface area (Å²) in [4.78, 5) is 13.0. The lowest BCUT2D eigenvalue weighted by molar-refractivity contribution is 0.503. The van der Waals surface area contributed by atoms with Crippen LogP contribution in [-0.4, -0.2) is 16.4 Å². The summed E-state index contributed by atoms with van der Waals surface area (Å²) in [6.07, 6.45) is 25.3. The molecule has 4 aliphatic heterocycles. The molecule has 2 aromatic rings. The van der Waals surface area contributed by atoms with Gasteiger partial charge in [0, 0.05) is 22.0 Å². The van der Waals surface area contributed by atoms with Crippen LogP contribution in [0.3, 0.4) is 0 Å². The van der Waals surface area contributed by atoms with Gasteiger partial charge in [0.25, 0.3) is 0 Å². The Hall–Kier alpha value is -4.36. The average molecular weight is 412 g/mol. The van der Waals surface area contributed by atoms with Crippen LogP contribution in [0.4, 0.5) is 0 Å². The molecule has 5 heterocycles. The quantitative estimate of drug-likeness (QED) is 0.695. The Morgan fingerprint density at radius 1 is 0.844 bits per heavy atom. The summed E-state index contributed by atoms with van der Waals surface area (Å²) < 4.78 is 0. The molecule has 1 atom stereocenters. The lowest BCUT2D eigenvalue weighted by Crippen LogP contribution is -2.36. The first-order valence-corrected chi connectivity index (χ1v) is 10.6. The summed E-state index contributed by atoms with van der Waals surface area (Å²) >= 11 is 0. The zero-order valence-corrected chi connectivity index (χ0v) is 17.3. The lowest BCUT2D eigenvalue weighted by Gasteiger charge is -2.30. The van der Waals surface area contributed by atoms with Gasteiger partial charge < -0.3 is 10.3 Å². The van der Waals surface area contributed by atoms with Crippen molar-refractivity contribution in [3.8, 4) is 12.3 Å². The maximum atomic E-state index is 5.86. The largest absolute Gasteiger partial charge is 0.372 e. The monoisotopic (exact) mass is 412 g/mol. The second kappa shape index (κ2) is 7.11. The molecule has 2 N–H and O–H groups in total. The van der Waals surface area contributed by atoms with Crippen LogP contribution in [0.25, 0.3) is 12.2 Å². The average Bonchev–Trinajstić information content (AvgIpc) is 3.59. The van der Waals surface area contributed by atoms with Gasteiger partial charge in [0.15, 0.2) is 0 Å². The van der Waals surface area contributed by atoms with Gasteiger partial charge in [0.1, 0.15) is 0 Å². The maximum Gasteiger partial charge on any atom is 0.0880 e. The van der Waals surface area contributed by atoms with Crippen molar-refractivity contribution in [2.24, 2.45) is 9.98 Å². The lowest BCUT2D eigenvalue weighted by atomic mass is 9.84. The minimum absolute atomic E-state index is 0.481. The molecule has 4 aliphatic rings. The second-order valence-corrected chi connectivity index (χ2v) is 8.19. The van der Waals surface area contributed by atoms with E-state index < -0.39 is 5.54 Å². The fourth-order valence-electron chi connectivity index (χ4n) is 4.51. The molecule has 8 bridgehead atoms. The zero-order chi connectivity index (χ0) is 21.5. The van der Waals surface area contributed by atoms with Crippen LogP contribution < -0.4 is 16.0 Å². The molecular formula is C28H20N4. The van der Waals surface area contributed by atoms with Gasteiger partial charge in [0.2, 0.25) is 0 Å². The van der Waals surface area contributed by atoms with Gasteiger partial charge >= 0.3 is 0 Å². The van der Waals surface area contributed by atoms with E-state index in [1.165, 1.54) is 0 Å². The first kappa shape index (κ1) is 18.4. The van der Waals surface area contributed by atoms with Gasteiger partial charge in [0.05, 0.1) is 28.4 Å². The number of rotatable bonds is 1. The maximum absolute atomic E-state index is 5.86. The number of benzene rings is 1. The number of aromatic nitrogens is 1.